The van der Waals surface area contributed by atoms with Crippen LogP contribution in [0.15, 0.2) is 28.5 Å². The van der Waals surface area contributed by atoms with Crippen molar-refractivity contribution in [3.8, 4) is 15.8 Å². The zero-order valence-electron chi connectivity index (χ0n) is 18.3. The van der Waals surface area contributed by atoms with Gasteiger partial charge in [0.25, 0.3) is 10.0 Å². The van der Waals surface area contributed by atoms with E-state index >= 15 is 0 Å². The fourth-order valence-electron chi connectivity index (χ4n) is 4.09. The van der Waals surface area contributed by atoms with E-state index in [9.17, 15) is 23.3 Å². The highest BCUT2D eigenvalue weighted by molar-refractivity contribution is 7.91. The molecule has 0 aliphatic carbocycles. The van der Waals surface area contributed by atoms with Gasteiger partial charge in [0.1, 0.15) is 22.9 Å². The first kappa shape index (κ1) is 25.2. The monoisotopic (exact) mass is 542 g/mol. The van der Waals surface area contributed by atoms with Gasteiger partial charge in [0, 0.05) is 29.4 Å². The zero-order chi connectivity index (χ0) is 24.5. The lowest BCUT2D eigenvalue weighted by Crippen LogP contribution is -2.53. The van der Waals surface area contributed by atoms with Crippen LogP contribution in [-0.4, -0.2) is 80.3 Å². The molecule has 0 spiro atoms. The second kappa shape index (κ2) is 10.4. The molecule has 2 aromatic rings. The van der Waals surface area contributed by atoms with E-state index in [0.29, 0.717) is 24.0 Å². The summed E-state index contributed by atoms with van der Waals surface area (Å²) in [6.07, 6.45) is -0.454. The molecular weight excluding hydrogens is 520 g/mol. The lowest BCUT2D eigenvalue weighted by Gasteiger charge is -2.30. The van der Waals surface area contributed by atoms with Crippen molar-refractivity contribution in [2.45, 2.75) is 35.7 Å². The average molecular weight is 543 g/mol. The molecule has 2 aromatic heterocycles. The van der Waals surface area contributed by atoms with E-state index in [0.717, 1.165) is 25.4 Å². The molecule has 182 valence electrons. The molecule has 2 aliphatic rings. The SMILES string of the molecule is C[C@@H](C(=O)C1CNCCO1)N1CC[C@H](N(CC#N)S(=O)(=O)c2ccc(-c3ccc(Cl)s3)s2)C1=O. The maximum atomic E-state index is 13.5. The Morgan fingerprint density at radius 1 is 1.35 bits per heavy atom. The summed E-state index contributed by atoms with van der Waals surface area (Å²) in [5, 5.41) is 12.4. The van der Waals surface area contributed by atoms with Gasteiger partial charge in [0.15, 0.2) is 5.78 Å². The smallest absolute Gasteiger partial charge is 0.254 e. The molecule has 3 atom stereocenters. The van der Waals surface area contributed by atoms with Crippen LogP contribution in [0.1, 0.15) is 13.3 Å². The number of carbonyl (C=O) groups excluding carboxylic acids is 2. The normalized spacial score (nSPS) is 22.2. The van der Waals surface area contributed by atoms with Gasteiger partial charge in [0.2, 0.25) is 5.91 Å². The van der Waals surface area contributed by atoms with Gasteiger partial charge in [-0.05, 0) is 37.6 Å². The summed E-state index contributed by atoms with van der Waals surface area (Å²) in [7, 11) is -4.12. The summed E-state index contributed by atoms with van der Waals surface area (Å²) >= 11 is 8.39. The number of sulfonamides is 1. The number of ketones is 1. The second-order valence-corrected chi connectivity index (χ2v) is 12.8. The number of hydrogen-bond acceptors (Lipinski definition) is 9. The quantitative estimate of drug-likeness (QED) is 0.508. The predicted octanol–water partition coefficient (Wildman–Crippen LogP) is 2.19. The van der Waals surface area contributed by atoms with Crippen LogP contribution in [-0.2, 0) is 24.3 Å². The summed E-state index contributed by atoms with van der Waals surface area (Å²) in [5.74, 6) is -0.710. The van der Waals surface area contributed by atoms with Crippen LogP contribution in [0, 0.1) is 11.3 Å². The van der Waals surface area contributed by atoms with E-state index in [1.807, 2.05) is 12.1 Å². The summed E-state index contributed by atoms with van der Waals surface area (Å²) in [4.78, 5) is 29.0. The fourth-order valence-corrected chi connectivity index (χ4v) is 8.17. The molecule has 0 aromatic carbocycles. The third-order valence-electron chi connectivity index (χ3n) is 5.87. The van der Waals surface area contributed by atoms with Crippen LogP contribution in [0.5, 0.6) is 0 Å². The highest BCUT2D eigenvalue weighted by atomic mass is 35.5. The zero-order valence-corrected chi connectivity index (χ0v) is 21.5. The predicted molar refractivity (Wildman–Crippen MR) is 129 cm³/mol. The fraction of sp³-hybridized carbons (Fsp3) is 0.476. The van der Waals surface area contributed by atoms with Gasteiger partial charge in [-0.1, -0.05) is 11.6 Å². The van der Waals surface area contributed by atoms with Crippen molar-refractivity contribution in [1.29, 1.82) is 5.26 Å². The second-order valence-electron chi connectivity index (χ2n) is 7.91. The number of thiophene rings is 2. The van der Waals surface area contributed by atoms with E-state index in [2.05, 4.69) is 5.32 Å². The number of Topliss-reactive ketones (excluding diaryl/α,β-unsaturated/α-hetero) is 1. The van der Waals surface area contributed by atoms with E-state index in [1.165, 1.54) is 22.3 Å². The van der Waals surface area contributed by atoms with E-state index < -0.39 is 40.7 Å². The Kier molecular flexibility index (Phi) is 7.73. The molecule has 0 saturated carbocycles. The van der Waals surface area contributed by atoms with Crippen molar-refractivity contribution in [1.82, 2.24) is 14.5 Å². The number of likely N-dealkylation sites (tertiary alicyclic amines) is 1. The molecule has 2 aliphatic heterocycles. The van der Waals surface area contributed by atoms with Crippen molar-refractivity contribution < 1.29 is 22.7 Å². The van der Waals surface area contributed by atoms with Gasteiger partial charge in [-0.25, -0.2) is 8.42 Å². The molecular formula is C21H23ClN4O5S3. The van der Waals surface area contributed by atoms with Gasteiger partial charge in [-0.3, -0.25) is 9.59 Å². The van der Waals surface area contributed by atoms with Crippen LogP contribution in [0.25, 0.3) is 9.75 Å². The Hall–Kier alpha value is -1.85. The van der Waals surface area contributed by atoms with Crippen LogP contribution < -0.4 is 5.32 Å². The molecule has 1 unspecified atom stereocenters. The number of amides is 1. The van der Waals surface area contributed by atoms with Gasteiger partial charge in [-0.15, -0.1) is 22.7 Å². The molecule has 34 heavy (non-hydrogen) atoms. The molecule has 2 saturated heterocycles. The molecule has 9 nitrogen and oxygen atoms in total. The Balaban J connectivity index is 1.54. The number of nitrogens with zero attached hydrogens (tertiary/aromatic N) is 3. The van der Waals surface area contributed by atoms with E-state index in [1.54, 1.807) is 19.1 Å². The number of nitrogens with one attached hydrogen (secondary N) is 1. The molecule has 2 fully saturated rings. The third kappa shape index (κ3) is 4.92. The molecule has 4 heterocycles. The van der Waals surface area contributed by atoms with Crippen molar-refractivity contribution in [2.24, 2.45) is 0 Å². The third-order valence-corrected chi connectivity index (χ3v) is 10.7. The minimum Gasteiger partial charge on any atom is -0.368 e. The van der Waals surface area contributed by atoms with Gasteiger partial charge in [0.05, 0.1) is 23.1 Å². The first-order valence-electron chi connectivity index (χ1n) is 10.6. The molecule has 1 amide bonds. The van der Waals surface area contributed by atoms with Crippen molar-refractivity contribution in [2.75, 3.05) is 32.8 Å². The largest absolute Gasteiger partial charge is 0.368 e. The van der Waals surface area contributed by atoms with Crippen molar-refractivity contribution >= 4 is 56.0 Å². The van der Waals surface area contributed by atoms with Gasteiger partial charge < -0.3 is 15.0 Å². The average Bonchev–Trinajstić information content (AvgIpc) is 3.57. The summed E-state index contributed by atoms with van der Waals surface area (Å²) in [6, 6.07) is 6.77. The van der Waals surface area contributed by atoms with Crippen LogP contribution in [0.2, 0.25) is 4.34 Å². The first-order valence-corrected chi connectivity index (χ1v) is 14.1. The number of halogens is 1. The van der Waals surface area contributed by atoms with E-state index in [-0.39, 0.29) is 23.0 Å². The molecule has 0 radical (unpaired) electrons. The Labute approximate surface area is 210 Å². The topological polar surface area (TPSA) is 120 Å². The standard InChI is InChI=1S/C21H23ClN4O5S3/c1-13(20(27)15-12-24-8-11-31-15)25-9-6-14(21(25)28)26(10-7-23)34(29,30)19-5-3-17(33-19)16-2-4-18(22)32-16/h2-5,13-15,24H,6,8-12H2,1H3/t13-,14-,15?/m0/s1. The Morgan fingerprint density at radius 2 is 2.09 bits per heavy atom. The summed E-state index contributed by atoms with van der Waals surface area (Å²) in [5.41, 5.74) is 0. The van der Waals surface area contributed by atoms with Crippen LogP contribution in [0.3, 0.4) is 0 Å². The Bertz CT molecular complexity index is 1220. The van der Waals surface area contributed by atoms with Gasteiger partial charge >= 0.3 is 0 Å². The maximum Gasteiger partial charge on any atom is 0.254 e. The first-order chi connectivity index (χ1) is 16.2. The molecule has 4 rings (SSSR count). The molecule has 13 heteroatoms. The summed E-state index contributed by atoms with van der Waals surface area (Å²) in [6.45, 7) is 2.82. The lowest BCUT2D eigenvalue weighted by molar-refractivity contribution is -0.144. The van der Waals surface area contributed by atoms with Crippen molar-refractivity contribution in [3.63, 3.8) is 0 Å². The highest BCUT2D eigenvalue weighted by Crippen LogP contribution is 2.38. The Morgan fingerprint density at radius 3 is 2.74 bits per heavy atom. The number of nitriles is 1. The number of rotatable bonds is 8. The maximum absolute atomic E-state index is 13.5. The number of carbonyl (C=O) groups is 2. The molecule has 0 bridgehead atoms. The minimum absolute atomic E-state index is 0.0410. The van der Waals surface area contributed by atoms with Crippen LogP contribution in [0.4, 0.5) is 0 Å². The number of morpholine rings is 1. The number of hydrogen-bond donors (Lipinski definition) is 1. The van der Waals surface area contributed by atoms with Crippen molar-refractivity contribution in [3.05, 3.63) is 28.6 Å². The van der Waals surface area contributed by atoms with Gasteiger partial charge in [-0.2, -0.15) is 9.57 Å². The summed E-state index contributed by atoms with van der Waals surface area (Å²) < 4.78 is 34.0. The highest BCUT2D eigenvalue weighted by Gasteiger charge is 2.45. The molecule has 1 N–H and O–H groups in total. The van der Waals surface area contributed by atoms with Crippen LogP contribution >= 0.6 is 34.3 Å². The minimum atomic E-state index is -4.12. The lowest BCUT2D eigenvalue weighted by atomic mass is 10.1. The van der Waals surface area contributed by atoms with E-state index in [4.69, 9.17) is 16.3 Å². The number of ether oxygens (including phenoxy) is 1.